The van der Waals surface area contributed by atoms with Crippen molar-refractivity contribution in [2.24, 2.45) is 5.73 Å². The average molecular weight is 253 g/mol. The Morgan fingerprint density at radius 2 is 1.78 bits per heavy atom. The summed E-state index contributed by atoms with van der Waals surface area (Å²) in [6.45, 7) is 6.28. The largest absolute Gasteiger partial charge is 0.341 e. The van der Waals surface area contributed by atoms with Crippen molar-refractivity contribution < 1.29 is 4.79 Å². The number of amides is 1. The van der Waals surface area contributed by atoms with E-state index >= 15 is 0 Å². The van der Waals surface area contributed by atoms with Gasteiger partial charge in [0, 0.05) is 19.1 Å². The second-order valence-electron chi connectivity index (χ2n) is 5.67. The summed E-state index contributed by atoms with van der Waals surface area (Å²) in [5.41, 5.74) is 5.82. The van der Waals surface area contributed by atoms with Crippen LogP contribution in [0.25, 0.3) is 0 Å². The van der Waals surface area contributed by atoms with Crippen molar-refractivity contribution in [3.63, 3.8) is 0 Å². The molecule has 0 radical (unpaired) electrons. The Kier molecular flexibility index (Phi) is 5.01. The van der Waals surface area contributed by atoms with Gasteiger partial charge in [0.05, 0.1) is 6.04 Å². The maximum Gasteiger partial charge on any atom is 0.239 e. The van der Waals surface area contributed by atoms with Gasteiger partial charge >= 0.3 is 0 Å². The third-order valence-electron chi connectivity index (χ3n) is 4.44. The highest BCUT2D eigenvalue weighted by atomic mass is 16.2. The van der Waals surface area contributed by atoms with E-state index in [0.29, 0.717) is 6.04 Å². The third kappa shape index (κ3) is 3.23. The first-order valence-corrected chi connectivity index (χ1v) is 7.50. The van der Waals surface area contributed by atoms with Crippen LogP contribution in [0.1, 0.15) is 45.4 Å². The van der Waals surface area contributed by atoms with E-state index in [1.54, 1.807) is 0 Å². The maximum absolute atomic E-state index is 12.0. The maximum atomic E-state index is 12.0. The van der Waals surface area contributed by atoms with E-state index in [4.69, 9.17) is 5.73 Å². The molecule has 4 nitrogen and oxygen atoms in total. The van der Waals surface area contributed by atoms with Crippen molar-refractivity contribution in [1.82, 2.24) is 9.80 Å². The second kappa shape index (κ2) is 6.53. The first-order chi connectivity index (χ1) is 8.72. The number of nitrogens with zero attached hydrogens (tertiary/aromatic N) is 2. The highest BCUT2D eigenvalue weighted by Gasteiger charge is 2.28. The van der Waals surface area contributed by atoms with Gasteiger partial charge < -0.3 is 15.5 Å². The summed E-state index contributed by atoms with van der Waals surface area (Å²) in [6.07, 6.45) is 7.08. The van der Waals surface area contributed by atoms with E-state index in [0.717, 1.165) is 32.4 Å². The molecule has 0 unspecified atom stereocenters. The summed E-state index contributed by atoms with van der Waals surface area (Å²) >= 11 is 0. The van der Waals surface area contributed by atoms with Gasteiger partial charge in [-0.25, -0.2) is 0 Å². The van der Waals surface area contributed by atoms with Crippen LogP contribution in [0.3, 0.4) is 0 Å². The number of carbonyl (C=O) groups excluding carboxylic acids is 1. The fourth-order valence-electron chi connectivity index (χ4n) is 3.14. The summed E-state index contributed by atoms with van der Waals surface area (Å²) in [5, 5.41) is 0. The van der Waals surface area contributed by atoms with Gasteiger partial charge in [0.1, 0.15) is 0 Å². The van der Waals surface area contributed by atoms with Crippen LogP contribution in [0.15, 0.2) is 0 Å². The van der Waals surface area contributed by atoms with Crippen LogP contribution in [-0.2, 0) is 4.79 Å². The van der Waals surface area contributed by atoms with Crippen LogP contribution in [0.2, 0.25) is 0 Å². The van der Waals surface area contributed by atoms with E-state index in [1.807, 2.05) is 11.8 Å². The van der Waals surface area contributed by atoms with Crippen LogP contribution in [0, 0.1) is 0 Å². The molecule has 2 aliphatic heterocycles. The smallest absolute Gasteiger partial charge is 0.239 e. The Bertz CT molecular complexity index is 268. The van der Waals surface area contributed by atoms with Gasteiger partial charge in [-0.05, 0) is 45.2 Å². The molecule has 2 rings (SSSR count). The average Bonchev–Trinajstić information content (AvgIpc) is 2.47. The van der Waals surface area contributed by atoms with Gasteiger partial charge in [0.2, 0.25) is 5.91 Å². The number of nitrogens with two attached hydrogens (primary N) is 1. The number of rotatable bonds is 3. The summed E-state index contributed by atoms with van der Waals surface area (Å²) in [7, 11) is 0. The van der Waals surface area contributed by atoms with Crippen molar-refractivity contribution in [3.8, 4) is 0 Å². The lowest BCUT2D eigenvalue weighted by atomic mass is 9.99. The topological polar surface area (TPSA) is 49.6 Å². The normalized spacial score (nSPS) is 25.1. The third-order valence-corrected chi connectivity index (χ3v) is 4.44. The molecule has 0 saturated carbocycles. The Hall–Kier alpha value is -0.610. The molecule has 0 aromatic heterocycles. The minimum absolute atomic E-state index is 0.148. The van der Waals surface area contributed by atoms with Gasteiger partial charge in [-0.2, -0.15) is 0 Å². The number of piperidine rings is 2. The standard InChI is InChI=1S/C14H27N3O/c1-2-13(15)14(18)17-10-6-12(7-11-17)16-8-4-3-5-9-16/h12-13H,2-11,15H2,1H3/t13-/m0/s1. The molecule has 0 aromatic rings. The molecule has 1 atom stereocenters. The number of carbonyl (C=O) groups is 1. The number of hydrogen-bond acceptors (Lipinski definition) is 3. The molecule has 2 heterocycles. The van der Waals surface area contributed by atoms with Gasteiger partial charge in [0.15, 0.2) is 0 Å². The molecular weight excluding hydrogens is 226 g/mol. The molecule has 0 bridgehead atoms. The van der Waals surface area contributed by atoms with Crippen LogP contribution in [0.5, 0.6) is 0 Å². The Morgan fingerprint density at radius 1 is 1.17 bits per heavy atom. The van der Waals surface area contributed by atoms with Crippen molar-refractivity contribution in [2.75, 3.05) is 26.2 Å². The molecule has 4 heteroatoms. The zero-order valence-corrected chi connectivity index (χ0v) is 11.6. The quantitative estimate of drug-likeness (QED) is 0.822. The molecule has 0 spiro atoms. The molecule has 0 aliphatic carbocycles. The van der Waals surface area contributed by atoms with Gasteiger partial charge in [0.25, 0.3) is 0 Å². The molecule has 2 N–H and O–H groups in total. The lowest BCUT2D eigenvalue weighted by Gasteiger charge is -2.40. The molecule has 0 aromatic carbocycles. The van der Waals surface area contributed by atoms with E-state index in [1.165, 1.54) is 32.4 Å². The molecule has 104 valence electrons. The Labute approximate surface area is 110 Å². The van der Waals surface area contributed by atoms with Gasteiger partial charge in [-0.15, -0.1) is 0 Å². The lowest BCUT2D eigenvalue weighted by molar-refractivity contribution is -0.134. The van der Waals surface area contributed by atoms with E-state index < -0.39 is 0 Å². The molecule has 18 heavy (non-hydrogen) atoms. The minimum Gasteiger partial charge on any atom is -0.341 e. The minimum atomic E-state index is -0.295. The monoisotopic (exact) mass is 253 g/mol. The first-order valence-electron chi connectivity index (χ1n) is 7.50. The molecule has 2 fully saturated rings. The van der Waals surface area contributed by atoms with Crippen molar-refractivity contribution in [3.05, 3.63) is 0 Å². The number of likely N-dealkylation sites (tertiary alicyclic amines) is 2. The van der Waals surface area contributed by atoms with Crippen molar-refractivity contribution in [1.29, 1.82) is 0 Å². The molecule has 1 amide bonds. The van der Waals surface area contributed by atoms with Crippen LogP contribution in [0.4, 0.5) is 0 Å². The fraction of sp³-hybridized carbons (Fsp3) is 0.929. The summed E-state index contributed by atoms with van der Waals surface area (Å²) in [5.74, 6) is 0.148. The van der Waals surface area contributed by atoms with Crippen LogP contribution < -0.4 is 5.73 Å². The number of hydrogen-bond donors (Lipinski definition) is 1. The van der Waals surface area contributed by atoms with E-state index in [9.17, 15) is 4.79 Å². The fourth-order valence-corrected chi connectivity index (χ4v) is 3.14. The molecular formula is C14H27N3O. The summed E-state index contributed by atoms with van der Waals surface area (Å²) in [4.78, 5) is 16.6. The van der Waals surface area contributed by atoms with Gasteiger partial charge in [-0.3, -0.25) is 4.79 Å². The predicted octanol–water partition coefficient (Wildman–Crippen LogP) is 1.20. The van der Waals surface area contributed by atoms with Crippen LogP contribution >= 0.6 is 0 Å². The van der Waals surface area contributed by atoms with Crippen LogP contribution in [-0.4, -0.2) is 54.0 Å². The summed E-state index contributed by atoms with van der Waals surface area (Å²) in [6, 6.07) is 0.406. The Morgan fingerprint density at radius 3 is 2.33 bits per heavy atom. The van der Waals surface area contributed by atoms with Gasteiger partial charge in [-0.1, -0.05) is 13.3 Å². The Balaban J connectivity index is 1.78. The zero-order valence-electron chi connectivity index (χ0n) is 11.6. The van der Waals surface area contributed by atoms with Crippen molar-refractivity contribution in [2.45, 2.75) is 57.5 Å². The second-order valence-corrected chi connectivity index (χ2v) is 5.67. The van der Waals surface area contributed by atoms with E-state index in [-0.39, 0.29) is 11.9 Å². The highest BCUT2D eigenvalue weighted by molar-refractivity contribution is 5.81. The first kappa shape index (κ1) is 13.8. The predicted molar refractivity (Wildman–Crippen MR) is 73.3 cm³/mol. The molecule has 2 saturated heterocycles. The highest BCUT2D eigenvalue weighted by Crippen LogP contribution is 2.21. The van der Waals surface area contributed by atoms with E-state index in [2.05, 4.69) is 4.90 Å². The van der Waals surface area contributed by atoms with Crippen molar-refractivity contribution >= 4 is 5.91 Å². The summed E-state index contributed by atoms with van der Waals surface area (Å²) < 4.78 is 0. The lowest BCUT2D eigenvalue weighted by Crippen LogP contribution is -2.51. The molecule has 2 aliphatic rings. The SMILES string of the molecule is CC[C@H](N)C(=O)N1CCC(N2CCCCC2)CC1. The zero-order chi connectivity index (χ0) is 13.0.